The third-order valence-corrected chi connectivity index (χ3v) is 3.41. The van der Waals surface area contributed by atoms with Gasteiger partial charge in [0.15, 0.2) is 0 Å². The van der Waals surface area contributed by atoms with Gasteiger partial charge in [0.1, 0.15) is 0 Å². The molecule has 84 valence electrons. The molecule has 1 heterocycles. The molecule has 1 aliphatic rings. The van der Waals surface area contributed by atoms with E-state index >= 15 is 0 Å². The van der Waals surface area contributed by atoms with E-state index in [0.29, 0.717) is 13.0 Å². The molecule has 0 unspecified atom stereocenters. The Kier molecular flexibility index (Phi) is 3.81. The molecule has 0 bridgehead atoms. The summed E-state index contributed by atoms with van der Waals surface area (Å²) in [6.07, 6.45) is 0.653. The Bertz CT molecular complexity index is 195. The summed E-state index contributed by atoms with van der Waals surface area (Å²) in [6.45, 7) is 5.56. The van der Waals surface area contributed by atoms with E-state index < -0.39 is 5.92 Å². The molecule has 1 saturated heterocycles. The van der Waals surface area contributed by atoms with Crippen LogP contribution < -0.4 is 0 Å². The van der Waals surface area contributed by atoms with Gasteiger partial charge in [-0.25, -0.2) is 8.78 Å². The molecule has 0 aliphatic carbocycles. The predicted octanol–water partition coefficient (Wildman–Crippen LogP) is 2.67. The molecule has 0 radical (unpaired) electrons. The monoisotopic (exact) mass is 223 g/mol. The van der Waals surface area contributed by atoms with Crippen LogP contribution >= 0.6 is 12.6 Å². The number of halogens is 2. The Morgan fingerprint density at radius 2 is 2.07 bits per heavy atom. The summed E-state index contributed by atoms with van der Waals surface area (Å²) in [5, 5.41) is 0. The summed E-state index contributed by atoms with van der Waals surface area (Å²) >= 11 is 4.23. The van der Waals surface area contributed by atoms with Crippen molar-refractivity contribution in [1.29, 1.82) is 0 Å². The molecular weight excluding hydrogens is 204 g/mol. The van der Waals surface area contributed by atoms with Gasteiger partial charge >= 0.3 is 0 Å². The molecule has 14 heavy (non-hydrogen) atoms. The van der Waals surface area contributed by atoms with Gasteiger partial charge in [0.2, 0.25) is 0 Å². The van der Waals surface area contributed by atoms with Crippen molar-refractivity contribution < 1.29 is 8.78 Å². The van der Waals surface area contributed by atoms with Gasteiger partial charge in [-0.05, 0) is 24.1 Å². The van der Waals surface area contributed by atoms with Crippen LogP contribution in [0.25, 0.3) is 0 Å². The highest BCUT2D eigenvalue weighted by atomic mass is 32.1. The van der Waals surface area contributed by atoms with Crippen LogP contribution in [0.4, 0.5) is 8.78 Å². The molecule has 1 nitrogen and oxygen atoms in total. The highest BCUT2D eigenvalue weighted by Crippen LogP contribution is 2.29. The Balaban J connectivity index is 2.46. The van der Waals surface area contributed by atoms with E-state index in [0.717, 1.165) is 12.3 Å². The van der Waals surface area contributed by atoms with Crippen molar-refractivity contribution in [2.24, 2.45) is 5.41 Å². The molecule has 1 fully saturated rings. The molecule has 0 atom stereocenters. The lowest BCUT2D eigenvalue weighted by atomic mass is 9.94. The number of thiol groups is 1. The van der Waals surface area contributed by atoms with Crippen LogP contribution in [0.5, 0.6) is 0 Å². The quantitative estimate of drug-likeness (QED) is 0.720. The minimum atomic E-state index is -2.48. The van der Waals surface area contributed by atoms with Crippen molar-refractivity contribution in [3.63, 3.8) is 0 Å². The largest absolute Gasteiger partial charge is 0.297 e. The average molecular weight is 223 g/mol. The van der Waals surface area contributed by atoms with E-state index in [4.69, 9.17) is 0 Å². The number of nitrogens with zero attached hydrogens (tertiary/aromatic N) is 1. The van der Waals surface area contributed by atoms with Gasteiger partial charge in [-0.3, -0.25) is 4.90 Å². The minimum Gasteiger partial charge on any atom is -0.297 e. The fourth-order valence-electron chi connectivity index (χ4n) is 1.84. The second-order valence-corrected chi connectivity index (χ2v) is 5.31. The average Bonchev–Trinajstić information content (AvgIpc) is 2.01. The maximum Gasteiger partial charge on any atom is 0.260 e. The first kappa shape index (κ1) is 12.2. The van der Waals surface area contributed by atoms with E-state index in [9.17, 15) is 8.78 Å². The number of hydrogen-bond acceptors (Lipinski definition) is 2. The molecule has 0 spiro atoms. The molecule has 0 saturated carbocycles. The number of rotatable bonds is 3. The van der Waals surface area contributed by atoms with Crippen LogP contribution in [0.3, 0.4) is 0 Å². The van der Waals surface area contributed by atoms with Crippen LogP contribution in [0.15, 0.2) is 0 Å². The zero-order chi connectivity index (χ0) is 10.8. The smallest absolute Gasteiger partial charge is 0.260 e. The Labute approximate surface area is 90.3 Å². The van der Waals surface area contributed by atoms with Gasteiger partial charge in [0.05, 0.1) is 6.54 Å². The molecule has 0 aromatic heterocycles. The first-order valence-corrected chi connectivity index (χ1v) is 5.69. The van der Waals surface area contributed by atoms with Crippen molar-refractivity contribution in [1.82, 2.24) is 4.90 Å². The number of piperidine rings is 1. The normalized spacial score (nSPS) is 23.8. The van der Waals surface area contributed by atoms with Crippen molar-refractivity contribution >= 4 is 12.6 Å². The summed E-state index contributed by atoms with van der Waals surface area (Å²) in [5.41, 5.74) is 0.0243. The molecule has 1 rings (SSSR count). The highest BCUT2D eigenvalue weighted by molar-refractivity contribution is 7.80. The maximum atomic E-state index is 13.1. The van der Waals surface area contributed by atoms with Gasteiger partial charge in [0, 0.05) is 13.0 Å². The summed E-state index contributed by atoms with van der Waals surface area (Å²) in [6, 6.07) is 0. The van der Waals surface area contributed by atoms with Crippen LogP contribution in [0.1, 0.15) is 26.7 Å². The number of likely N-dealkylation sites (tertiary alicyclic amines) is 1. The molecule has 0 N–H and O–H groups in total. The lowest BCUT2D eigenvalue weighted by molar-refractivity contribution is -0.0696. The van der Waals surface area contributed by atoms with Crippen LogP contribution in [0, 0.1) is 5.41 Å². The summed E-state index contributed by atoms with van der Waals surface area (Å²) in [4.78, 5) is 1.86. The molecule has 4 heteroatoms. The van der Waals surface area contributed by atoms with Crippen molar-refractivity contribution in [3.05, 3.63) is 0 Å². The second-order valence-electron chi connectivity index (χ2n) is 4.99. The Morgan fingerprint density at radius 3 is 2.57 bits per heavy atom. The highest BCUT2D eigenvalue weighted by Gasteiger charge is 2.36. The van der Waals surface area contributed by atoms with Gasteiger partial charge in [0.25, 0.3) is 5.92 Å². The van der Waals surface area contributed by atoms with Crippen molar-refractivity contribution in [2.45, 2.75) is 32.6 Å². The topological polar surface area (TPSA) is 3.24 Å². The van der Waals surface area contributed by atoms with Gasteiger partial charge in [-0.2, -0.15) is 12.6 Å². The first-order valence-electron chi connectivity index (χ1n) is 5.06. The fourth-order valence-corrected chi connectivity index (χ4v) is 1.94. The minimum absolute atomic E-state index is 0.0243. The summed E-state index contributed by atoms with van der Waals surface area (Å²) in [5.74, 6) is -1.75. The SMILES string of the molecule is CC(C)(CS)CN1CCCC(F)(F)C1. The Hall–Kier alpha value is 0.170. The number of hydrogen-bond donors (Lipinski definition) is 1. The fraction of sp³-hybridized carbons (Fsp3) is 1.00. The van der Waals surface area contributed by atoms with E-state index in [2.05, 4.69) is 26.5 Å². The summed E-state index contributed by atoms with van der Waals surface area (Å²) < 4.78 is 26.1. The van der Waals surface area contributed by atoms with E-state index in [-0.39, 0.29) is 18.4 Å². The van der Waals surface area contributed by atoms with E-state index in [1.165, 1.54) is 0 Å². The van der Waals surface area contributed by atoms with E-state index in [1.807, 2.05) is 4.90 Å². The predicted molar refractivity (Wildman–Crippen MR) is 58.3 cm³/mol. The third kappa shape index (κ3) is 3.73. The zero-order valence-corrected chi connectivity index (χ0v) is 9.79. The zero-order valence-electron chi connectivity index (χ0n) is 8.89. The van der Waals surface area contributed by atoms with Crippen LogP contribution in [-0.4, -0.2) is 36.2 Å². The van der Waals surface area contributed by atoms with Gasteiger partial charge in [-0.1, -0.05) is 13.8 Å². The van der Waals surface area contributed by atoms with Gasteiger partial charge in [-0.15, -0.1) is 0 Å². The molecule has 0 aromatic carbocycles. The van der Waals surface area contributed by atoms with Crippen molar-refractivity contribution in [2.75, 3.05) is 25.4 Å². The lowest BCUT2D eigenvalue weighted by Gasteiger charge is -2.37. The second kappa shape index (κ2) is 4.35. The lowest BCUT2D eigenvalue weighted by Crippen LogP contribution is -2.46. The standard InChI is InChI=1S/C10H19F2NS/c1-9(2,8-14)6-13-5-3-4-10(11,12)7-13/h14H,3-8H2,1-2H3. The molecule has 0 amide bonds. The van der Waals surface area contributed by atoms with E-state index in [1.54, 1.807) is 0 Å². The van der Waals surface area contributed by atoms with Crippen LogP contribution in [-0.2, 0) is 0 Å². The van der Waals surface area contributed by atoms with Gasteiger partial charge < -0.3 is 0 Å². The van der Waals surface area contributed by atoms with Crippen LogP contribution in [0.2, 0.25) is 0 Å². The molecular formula is C10H19F2NS. The number of alkyl halides is 2. The van der Waals surface area contributed by atoms with Crippen molar-refractivity contribution in [3.8, 4) is 0 Å². The molecule has 0 aromatic rings. The maximum absolute atomic E-state index is 13.1. The summed E-state index contributed by atoms with van der Waals surface area (Å²) in [7, 11) is 0. The third-order valence-electron chi connectivity index (χ3n) is 2.55. The molecule has 1 aliphatic heterocycles. The first-order chi connectivity index (χ1) is 6.35. The Morgan fingerprint density at radius 1 is 1.43 bits per heavy atom.